The normalized spacial score (nSPS) is 11.7. The first-order valence-corrected chi connectivity index (χ1v) is 6.43. The zero-order chi connectivity index (χ0) is 13.2. The maximum absolute atomic E-state index is 12.0. The Kier molecular flexibility index (Phi) is 3.51. The standard InChI is InChI=1S/C17H20O/c1-17(2,3)12-16(18)11-13-8-9-14-6-4-5-7-15(14)10-13/h4-10H,11-12H2,1-3H3. The summed E-state index contributed by atoms with van der Waals surface area (Å²) in [5.74, 6) is 0.317. The molecule has 0 atom stereocenters. The number of Topliss-reactive ketones (excluding diaryl/α,β-unsaturated/α-hetero) is 1. The van der Waals surface area contributed by atoms with Gasteiger partial charge in [0.25, 0.3) is 0 Å². The van der Waals surface area contributed by atoms with Gasteiger partial charge < -0.3 is 0 Å². The number of carbonyl (C=O) groups excluding carboxylic acids is 1. The third kappa shape index (κ3) is 3.43. The van der Waals surface area contributed by atoms with Crippen LogP contribution < -0.4 is 0 Å². The van der Waals surface area contributed by atoms with Gasteiger partial charge in [-0.2, -0.15) is 0 Å². The van der Waals surface area contributed by atoms with Crippen molar-refractivity contribution < 1.29 is 4.79 Å². The molecule has 0 saturated heterocycles. The molecule has 94 valence electrons. The molecule has 1 heteroatoms. The second-order valence-electron chi connectivity index (χ2n) is 6.13. The molecule has 2 aromatic carbocycles. The molecule has 0 bridgehead atoms. The van der Waals surface area contributed by atoms with Crippen LogP contribution in [-0.4, -0.2) is 5.78 Å². The van der Waals surface area contributed by atoms with Crippen LogP contribution in [-0.2, 0) is 11.2 Å². The van der Waals surface area contributed by atoms with Gasteiger partial charge in [0, 0.05) is 12.8 Å². The molecule has 0 aliphatic carbocycles. The van der Waals surface area contributed by atoms with Gasteiger partial charge in [-0.3, -0.25) is 4.79 Å². The zero-order valence-electron chi connectivity index (χ0n) is 11.4. The quantitative estimate of drug-likeness (QED) is 0.777. The number of hydrogen-bond donors (Lipinski definition) is 0. The van der Waals surface area contributed by atoms with Gasteiger partial charge in [0.15, 0.2) is 0 Å². The molecule has 0 N–H and O–H groups in total. The first-order chi connectivity index (χ1) is 8.44. The highest BCUT2D eigenvalue weighted by molar-refractivity contribution is 5.86. The number of ketones is 1. The molecular weight excluding hydrogens is 220 g/mol. The molecule has 2 rings (SSSR count). The molecule has 0 radical (unpaired) electrons. The van der Waals surface area contributed by atoms with Crippen molar-refractivity contribution >= 4 is 16.6 Å². The van der Waals surface area contributed by atoms with Gasteiger partial charge in [0.05, 0.1) is 0 Å². The van der Waals surface area contributed by atoms with E-state index in [0.29, 0.717) is 18.6 Å². The summed E-state index contributed by atoms with van der Waals surface area (Å²) in [5, 5.41) is 2.43. The van der Waals surface area contributed by atoms with Crippen molar-refractivity contribution in [2.75, 3.05) is 0 Å². The van der Waals surface area contributed by atoms with Crippen LogP contribution in [0.25, 0.3) is 10.8 Å². The van der Waals surface area contributed by atoms with Crippen LogP contribution >= 0.6 is 0 Å². The fraction of sp³-hybridized carbons (Fsp3) is 0.353. The monoisotopic (exact) mass is 240 g/mol. The van der Waals surface area contributed by atoms with Gasteiger partial charge >= 0.3 is 0 Å². The Hall–Kier alpha value is -1.63. The number of carbonyl (C=O) groups is 1. The van der Waals surface area contributed by atoms with Crippen LogP contribution in [0.5, 0.6) is 0 Å². The predicted octanol–water partition coefficient (Wildman–Crippen LogP) is 4.39. The number of benzene rings is 2. The fourth-order valence-electron chi connectivity index (χ4n) is 2.23. The van der Waals surface area contributed by atoms with Gasteiger partial charge in [-0.05, 0) is 21.8 Å². The smallest absolute Gasteiger partial charge is 0.137 e. The van der Waals surface area contributed by atoms with Crippen LogP contribution in [0.3, 0.4) is 0 Å². The van der Waals surface area contributed by atoms with E-state index in [-0.39, 0.29) is 5.41 Å². The second kappa shape index (κ2) is 4.93. The highest BCUT2D eigenvalue weighted by atomic mass is 16.1. The summed E-state index contributed by atoms with van der Waals surface area (Å²) < 4.78 is 0. The molecule has 2 aromatic rings. The van der Waals surface area contributed by atoms with E-state index in [0.717, 1.165) is 5.56 Å². The van der Waals surface area contributed by atoms with Crippen LogP contribution in [0.15, 0.2) is 42.5 Å². The molecule has 0 aromatic heterocycles. The Labute approximate surface area is 109 Å². The Morgan fingerprint density at radius 1 is 1.00 bits per heavy atom. The van der Waals surface area contributed by atoms with Gasteiger partial charge in [-0.15, -0.1) is 0 Å². The van der Waals surface area contributed by atoms with Crippen molar-refractivity contribution in [3.8, 4) is 0 Å². The number of hydrogen-bond acceptors (Lipinski definition) is 1. The second-order valence-corrected chi connectivity index (χ2v) is 6.13. The molecule has 1 nitrogen and oxygen atoms in total. The Balaban J connectivity index is 2.15. The Morgan fingerprint density at radius 3 is 2.33 bits per heavy atom. The minimum Gasteiger partial charge on any atom is -0.299 e. The molecule has 0 amide bonds. The highest BCUT2D eigenvalue weighted by Gasteiger charge is 2.16. The summed E-state index contributed by atoms with van der Waals surface area (Å²) >= 11 is 0. The van der Waals surface area contributed by atoms with Crippen molar-refractivity contribution in [1.29, 1.82) is 0 Å². The average molecular weight is 240 g/mol. The largest absolute Gasteiger partial charge is 0.299 e. The summed E-state index contributed by atoms with van der Waals surface area (Å²) in [5.41, 5.74) is 1.19. The topological polar surface area (TPSA) is 17.1 Å². The number of fused-ring (bicyclic) bond motifs is 1. The average Bonchev–Trinajstić information content (AvgIpc) is 2.26. The first-order valence-electron chi connectivity index (χ1n) is 6.43. The maximum Gasteiger partial charge on any atom is 0.137 e. The van der Waals surface area contributed by atoms with E-state index in [1.54, 1.807) is 0 Å². The SMILES string of the molecule is CC(C)(C)CC(=O)Cc1ccc2ccccc2c1. The molecule has 0 aliphatic rings. The molecule has 0 saturated carbocycles. The molecule has 0 spiro atoms. The summed E-state index contributed by atoms with van der Waals surface area (Å²) in [7, 11) is 0. The van der Waals surface area contributed by atoms with E-state index in [4.69, 9.17) is 0 Å². The van der Waals surface area contributed by atoms with Crippen molar-refractivity contribution in [2.24, 2.45) is 5.41 Å². The van der Waals surface area contributed by atoms with Crippen LogP contribution in [0.4, 0.5) is 0 Å². The Bertz CT molecular complexity index is 561. The minimum absolute atomic E-state index is 0.0773. The Morgan fingerprint density at radius 2 is 1.67 bits per heavy atom. The van der Waals surface area contributed by atoms with Crippen molar-refractivity contribution in [3.63, 3.8) is 0 Å². The molecular formula is C17H20O. The minimum atomic E-state index is 0.0773. The third-order valence-electron chi connectivity index (χ3n) is 2.94. The third-order valence-corrected chi connectivity index (χ3v) is 2.94. The van der Waals surface area contributed by atoms with E-state index in [9.17, 15) is 4.79 Å². The summed E-state index contributed by atoms with van der Waals surface area (Å²) in [6.45, 7) is 6.31. The lowest BCUT2D eigenvalue weighted by atomic mass is 9.88. The fourth-order valence-corrected chi connectivity index (χ4v) is 2.23. The van der Waals surface area contributed by atoms with Crippen LogP contribution in [0, 0.1) is 5.41 Å². The first kappa shape index (κ1) is 12.8. The molecule has 0 aliphatic heterocycles. The van der Waals surface area contributed by atoms with Gasteiger partial charge in [-0.1, -0.05) is 63.2 Å². The highest BCUT2D eigenvalue weighted by Crippen LogP contribution is 2.21. The van der Waals surface area contributed by atoms with Gasteiger partial charge in [-0.25, -0.2) is 0 Å². The van der Waals surface area contributed by atoms with Crippen molar-refractivity contribution in [1.82, 2.24) is 0 Å². The lowest BCUT2D eigenvalue weighted by Crippen LogP contribution is -2.14. The van der Waals surface area contributed by atoms with E-state index in [2.05, 4.69) is 51.1 Å². The zero-order valence-corrected chi connectivity index (χ0v) is 11.4. The van der Waals surface area contributed by atoms with Gasteiger partial charge in [0.2, 0.25) is 0 Å². The van der Waals surface area contributed by atoms with Crippen LogP contribution in [0.2, 0.25) is 0 Å². The number of rotatable bonds is 3. The predicted molar refractivity (Wildman–Crippen MR) is 76.7 cm³/mol. The van der Waals surface area contributed by atoms with E-state index in [1.807, 2.05) is 12.1 Å². The summed E-state index contributed by atoms with van der Waals surface area (Å²) in [4.78, 5) is 12.0. The maximum atomic E-state index is 12.0. The van der Waals surface area contributed by atoms with Gasteiger partial charge in [0.1, 0.15) is 5.78 Å². The van der Waals surface area contributed by atoms with E-state index in [1.165, 1.54) is 10.8 Å². The molecule has 0 heterocycles. The molecule has 18 heavy (non-hydrogen) atoms. The summed E-state index contributed by atoms with van der Waals surface area (Å²) in [6.07, 6.45) is 1.18. The summed E-state index contributed by atoms with van der Waals surface area (Å²) in [6, 6.07) is 14.5. The van der Waals surface area contributed by atoms with E-state index < -0.39 is 0 Å². The molecule has 0 fully saturated rings. The van der Waals surface area contributed by atoms with Crippen LogP contribution in [0.1, 0.15) is 32.8 Å². The lowest BCUT2D eigenvalue weighted by Gasteiger charge is -2.16. The lowest BCUT2D eigenvalue weighted by molar-refractivity contribution is -0.120. The molecule has 0 unspecified atom stereocenters. The van der Waals surface area contributed by atoms with Crippen molar-refractivity contribution in [3.05, 3.63) is 48.0 Å². The van der Waals surface area contributed by atoms with E-state index >= 15 is 0 Å². The van der Waals surface area contributed by atoms with Crippen molar-refractivity contribution in [2.45, 2.75) is 33.6 Å².